The van der Waals surface area contributed by atoms with Crippen LogP contribution in [0, 0.1) is 13.8 Å². The number of amides is 1. The number of nitrogens with zero attached hydrogens (tertiary/aromatic N) is 1. The van der Waals surface area contributed by atoms with Gasteiger partial charge in [0, 0.05) is 16.3 Å². The molecule has 0 spiro atoms. The summed E-state index contributed by atoms with van der Waals surface area (Å²) in [6, 6.07) is 18.7. The Balaban J connectivity index is 1.51. The van der Waals surface area contributed by atoms with Crippen LogP contribution < -0.4 is 14.8 Å². The number of benzene rings is 3. The van der Waals surface area contributed by atoms with Gasteiger partial charge in [0.2, 0.25) is 0 Å². The molecule has 3 aromatic carbocycles. The summed E-state index contributed by atoms with van der Waals surface area (Å²) in [5.41, 5.74) is 4.63. The molecular formula is C25H25ClN2O4. The summed E-state index contributed by atoms with van der Waals surface area (Å²) < 4.78 is 11.3. The van der Waals surface area contributed by atoms with Crippen molar-refractivity contribution in [1.29, 1.82) is 0 Å². The van der Waals surface area contributed by atoms with Crippen LogP contribution in [0.2, 0.25) is 5.02 Å². The molecule has 3 rings (SSSR count). The highest BCUT2D eigenvalue weighted by Crippen LogP contribution is 2.28. The van der Waals surface area contributed by atoms with E-state index in [1.54, 1.807) is 19.2 Å². The topological polar surface area (TPSA) is 69.2 Å². The van der Waals surface area contributed by atoms with Gasteiger partial charge in [0.15, 0.2) is 18.1 Å². The molecule has 0 atom stereocenters. The normalized spacial score (nSPS) is 10.8. The minimum absolute atomic E-state index is 0.192. The van der Waals surface area contributed by atoms with Crippen LogP contribution in [0.1, 0.15) is 22.3 Å². The number of methoxy groups -OCH3 is 1. The van der Waals surface area contributed by atoms with E-state index < -0.39 is 0 Å². The number of carbonyl (C=O) groups excluding carboxylic acids is 1. The first-order valence-corrected chi connectivity index (χ1v) is 10.4. The highest BCUT2D eigenvalue weighted by molar-refractivity contribution is 6.30. The largest absolute Gasteiger partial charge is 0.493 e. The SMILES string of the molecule is COc1cc(C=NOCC(=O)Nc2cc(C)cc(C)c2)ccc1OCc1ccc(Cl)cc1. The van der Waals surface area contributed by atoms with Crippen molar-refractivity contribution in [3.05, 3.63) is 87.9 Å². The summed E-state index contributed by atoms with van der Waals surface area (Å²) in [6.45, 7) is 4.15. The highest BCUT2D eigenvalue weighted by atomic mass is 35.5. The van der Waals surface area contributed by atoms with E-state index in [2.05, 4.69) is 10.5 Å². The van der Waals surface area contributed by atoms with Gasteiger partial charge < -0.3 is 19.6 Å². The first-order valence-electron chi connectivity index (χ1n) is 10.0. The third kappa shape index (κ3) is 7.03. The van der Waals surface area contributed by atoms with E-state index in [1.807, 2.05) is 62.4 Å². The number of hydrogen-bond donors (Lipinski definition) is 1. The van der Waals surface area contributed by atoms with Gasteiger partial charge >= 0.3 is 0 Å². The summed E-state index contributed by atoms with van der Waals surface area (Å²) in [6.07, 6.45) is 1.51. The number of rotatable bonds is 9. The number of aryl methyl sites for hydroxylation is 2. The van der Waals surface area contributed by atoms with Gasteiger partial charge in [-0.2, -0.15) is 0 Å². The van der Waals surface area contributed by atoms with Crippen LogP contribution in [-0.4, -0.2) is 25.8 Å². The maximum atomic E-state index is 12.0. The van der Waals surface area contributed by atoms with Crippen molar-refractivity contribution in [3.8, 4) is 11.5 Å². The van der Waals surface area contributed by atoms with E-state index in [9.17, 15) is 4.79 Å². The second-order valence-corrected chi connectivity index (χ2v) is 7.69. The van der Waals surface area contributed by atoms with Gasteiger partial charge in [0.25, 0.3) is 5.91 Å². The van der Waals surface area contributed by atoms with Crippen LogP contribution in [-0.2, 0) is 16.2 Å². The lowest BCUT2D eigenvalue weighted by Crippen LogP contribution is -2.17. The Bertz CT molecular complexity index is 1080. The lowest BCUT2D eigenvalue weighted by Gasteiger charge is -2.11. The lowest BCUT2D eigenvalue weighted by atomic mass is 10.1. The van der Waals surface area contributed by atoms with Crippen LogP contribution in [0.25, 0.3) is 0 Å². The minimum atomic E-state index is -0.282. The van der Waals surface area contributed by atoms with Gasteiger partial charge in [-0.1, -0.05) is 35.0 Å². The Labute approximate surface area is 192 Å². The van der Waals surface area contributed by atoms with Gasteiger partial charge in [0.1, 0.15) is 6.61 Å². The average Bonchev–Trinajstić information content (AvgIpc) is 2.76. The minimum Gasteiger partial charge on any atom is -0.493 e. The summed E-state index contributed by atoms with van der Waals surface area (Å²) >= 11 is 5.91. The molecule has 0 heterocycles. The monoisotopic (exact) mass is 452 g/mol. The zero-order valence-electron chi connectivity index (χ0n) is 18.2. The van der Waals surface area contributed by atoms with Gasteiger partial charge in [-0.3, -0.25) is 4.79 Å². The van der Waals surface area contributed by atoms with Crippen LogP contribution in [0.15, 0.2) is 65.8 Å². The number of nitrogens with one attached hydrogen (secondary N) is 1. The predicted octanol–water partition coefficient (Wildman–Crippen LogP) is 5.53. The standard InChI is InChI=1S/C25H25ClN2O4/c1-17-10-18(2)12-22(11-17)28-25(29)16-32-27-14-20-6-9-23(24(13-20)30-3)31-15-19-4-7-21(26)8-5-19/h4-14H,15-16H2,1-3H3,(H,28,29). The Hall–Kier alpha value is -3.51. The van der Waals surface area contributed by atoms with E-state index >= 15 is 0 Å². The lowest BCUT2D eigenvalue weighted by molar-refractivity contribution is -0.120. The van der Waals surface area contributed by atoms with E-state index in [0.717, 1.165) is 27.9 Å². The molecule has 7 heteroatoms. The molecule has 0 saturated heterocycles. The summed E-state index contributed by atoms with van der Waals surface area (Å²) in [7, 11) is 1.57. The highest BCUT2D eigenvalue weighted by Gasteiger charge is 2.07. The molecule has 0 aromatic heterocycles. The Morgan fingerprint density at radius 1 is 1.00 bits per heavy atom. The summed E-state index contributed by atoms with van der Waals surface area (Å²) in [4.78, 5) is 17.2. The maximum Gasteiger partial charge on any atom is 0.265 e. The van der Waals surface area contributed by atoms with Crippen molar-refractivity contribution in [3.63, 3.8) is 0 Å². The second-order valence-electron chi connectivity index (χ2n) is 7.26. The molecule has 0 radical (unpaired) electrons. The van der Waals surface area contributed by atoms with E-state index in [4.69, 9.17) is 25.9 Å². The predicted molar refractivity (Wildman–Crippen MR) is 127 cm³/mol. The molecule has 0 unspecified atom stereocenters. The maximum absolute atomic E-state index is 12.0. The first-order chi connectivity index (χ1) is 15.4. The van der Waals surface area contributed by atoms with E-state index in [0.29, 0.717) is 23.1 Å². The molecular weight excluding hydrogens is 428 g/mol. The smallest absolute Gasteiger partial charge is 0.265 e. The Morgan fingerprint density at radius 3 is 2.41 bits per heavy atom. The van der Waals surface area contributed by atoms with Gasteiger partial charge in [-0.15, -0.1) is 0 Å². The first kappa shape index (κ1) is 23.2. The zero-order valence-corrected chi connectivity index (χ0v) is 19.0. The van der Waals surface area contributed by atoms with Gasteiger partial charge in [-0.05, 0) is 73.0 Å². The summed E-state index contributed by atoms with van der Waals surface area (Å²) in [5, 5.41) is 7.35. The van der Waals surface area contributed by atoms with Crippen molar-refractivity contribution >= 4 is 29.4 Å². The number of ether oxygens (including phenoxy) is 2. The molecule has 0 fully saturated rings. The van der Waals surface area contributed by atoms with Gasteiger partial charge in [0.05, 0.1) is 13.3 Å². The van der Waals surface area contributed by atoms with Crippen molar-refractivity contribution in [2.24, 2.45) is 5.16 Å². The number of hydrogen-bond acceptors (Lipinski definition) is 5. The van der Waals surface area contributed by atoms with Crippen LogP contribution in [0.3, 0.4) is 0 Å². The number of halogens is 1. The average molecular weight is 453 g/mol. The van der Waals surface area contributed by atoms with Crippen molar-refractivity contribution in [2.75, 3.05) is 19.0 Å². The van der Waals surface area contributed by atoms with Crippen LogP contribution in [0.4, 0.5) is 5.69 Å². The van der Waals surface area contributed by atoms with E-state index in [1.165, 1.54) is 6.21 Å². The molecule has 0 saturated carbocycles. The summed E-state index contributed by atoms with van der Waals surface area (Å²) in [5.74, 6) is 0.888. The molecule has 3 aromatic rings. The van der Waals surface area contributed by atoms with E-state index in [-0.39, 0.29) is 12.5 Å². The molecule has 6 nitrogen and oxygen atoms in total. The molecule has 1 amide bonds. The number of oxime groups is 1. The fraction of sp³-hybridized carbons (Fsp3) is 0.200. The number of anilines is 1. The fourth-order valence-electron chi connectivity index (χ4n) is 3.06. The second kappa shape index (κ2) is 11.2. The molecule has 0 aliphatic rings. The van der Waals surface area contributed by atoms with Gasteiger partial charge in [-0.25, -0.2) is 0 Å². The molecule has 166 valence electrons. The van der Waals surface area contributed by atoms with Crippen molar-refractivity contribution in [1.82, 2.24) is 0 Å². The Kier molecular flexibility index (Phi) is 8.11. The van der Waals surface area contributed by atoms with Crippen LogP contribution >= 0.6 is 11.6 Å². The Morgan fingerprint density at radius 2 is 1.72 bits per heavy atom. The molecule has 0 aliphatic heterocycles. The van der Waals surface area contributed by atoms with Crippen molar-refractivity contribution in [2.45, 2.75) is 20.5 Å². The quantitative estimate of drug-likeness (QED) is 0.342. The third-order valence-corrected chi connectivity index (χ3v) is 4.72. The molecule has 0 aliphatic carbocycles. The zero-order chi connectivity index (χ0) is 22.9. The van der Waals surface area contributed by atoms with Crippen LogP contribution in [0.5, 0.6) is 11.5 Å². The molecule has 0 bridgehead atoms. The molecule has 32 heavy (non-hydrogen) atoms. The third-order valence-electron chi connectivity index (χ3n) is 4.47. The fourth-order valence-corrected chi connectivity index (χ4v) is 3.19. The number of carbonyl (C=O) groups is 1. The van der Waals surface area contributed by atoms with Crippen molar-refractivity contribution < 1.29 is 19.1 Å². The molecule has 1 N–H and O–H groups in total.